The van der Waals surface area contributed by atoms with Gasteiger partial charge in [0.1, 0.15) is 0 Å². The molecular weight excluding hydrogens is 439 g/mol. The van der Waals surface area contributed by atoms with Crippen LogP contribution in [0.2, 0.25) is 1.60 Å². The first kappa shape index (κ1) is 18.5. The SMILES string of the molecule is CC(C)=C(C)[C](=O)[Ac][CH2]CC(=O)C(C)(C)C(C)C. The van der Waals surface area contributed by atoms with E-state index in [1.54, 1.807) is 0 Å². The van der Waals surface area contributed by atoms with Gasteiger partial charge in [-0.05, 0) is 0 Å². The number of allylic oxidation sites excluding steroid dienone is 2. The van der Waals surface area contributed by atoms with Crippen LogP contribution in [-0.4, -0.2) is 6.75 Å². The first-order valence-corrected chi connectivity index (χ1v) is 12.4. The summed E-state index contributed by atoms with van der Waals surface area (Å²) >= 11 is -1.54. The van der Waals surface area contributed by atoms with E-state index in [1.807, 2.05) is 34.6 Å². The second-order valence-corrected chi connectivity index (χ2v) is 12.2. The Balaban J connectivity index is 4.27. The van der Waals surface area contributed by atoms with Gasteiger partial charge in [0, 0.05) is 0 Å². The molecule has 0 amide bonds. The van der Waals surface area contributed by atoms with Crippen LogP contribution < -0.4 is 0 Å². The van der Waals surface area contributed by atoms with E-state index in [-0.39, 0.29) is 5.41 Å². The van der Waals surface area contributed by atoms with Crippen molar-refractivity contribution in [2.24, 2.45) is 11.3 Å². The predicted octanol–water partition coefficient (Wildman–Crippen LogP) is 4.01. The average molecular weight is 465 g/mol. The van der Waals surface area contributed by atoms with E-state index < -0.39 is 39.7 Å². The molecule has 0 heterocycles. The third kappa shape index (κ3) is 5.66. The van der Waals surface area contributed by atoms with Crippen LogP contribution in [0.25, 0.3) is 0 Å². The number of ketones is 1. The van der Waals surface area contributed by atoms with E-state index >= 15 is 0 Å². The molecule has 0 rings (SSSR count). The van der Waals surface area contributed by atoms with E-state index in [2.05, 4.69) is 13.8 Å². The maximum atomic E-state index is 12.1. The van der Waals surface area contributed by atoms with Crippen LogP contribution in [0.3, 0.4) is 0 Å². The monoisotopic (exact) mass is 465 g/mol. The Morgan fingerprint density at radius 2 is 1.61 bits per heavy atom. The van der Waals surface area contributed by atoms with Crippen molar-refractivity contribution < 1.29 is 49.3 Å². The van der Waals surface area contributed by atoms with Crippen LogP contribution in [0.15, 0.2) is 11.1 Å². The summed E-state index contributed by atoms with van der Waals surface area (Å²) in [7, 11) is 0. The zero-order chi connectivity index (χ0) is 14.5. The van der Waals surface area contributed by atoms with Gasteiger partial charge in [-0.1, -0.05) is 0 Å². The Bertz CT molecular complexity index is 348. The molecule has 3 heteroatoms. The zero-order valence-corrected chi connectivity index (χ0v) is 17.6. The summed E-state index contributed by atoms with van der Waals surface area (Å²) in [4.78, 5) is 24.0. The van der Waals surface area contributed by atoms with Crippen LogP contribution in [0.4, 0.5) is 0 Å². The third-order valence-corrected chi connectivity index (χ3v) is 9.66. The fourth-order valence-corrected chi connectivity index (χ4v) is 6.57. The Morgan fingerprint density at radius 3 is 2.00 bits per heavy atom. The molecular formula is C15H26AcO2. The number of carbonyl (C=O) groups excluding carboxylic acids is 2. The zero-order valence-electron chi connectivity index (χ0n) is 12.9. The average Bonchev–Trinajstić information content (AvgIpc) is 2.26. The molecule has 0 bridgehead atoms. The molecule has 0 unspecified atom stereocenters. The van der Waals surface area contributed by atoms with E-state index in [0.717, 1.165) is 12.7 Å². The number of Topliss-reactive ketones (excluding diaryl/α,β-unsaturated/α-hetero) is 1. The Kier molecular flexibility index (Phi) is 8.18. The Labute approximate surface area is 134 Å². The molecule has 101 valence electrons. The number of hydrogen-bond acceptors (Lipinski definition) is 2. The molecule has 0 aromatic rings. The summed E-state index contributed by atoms with van der Waals surface area (Å²) in [6.07, 6.45) is 0.604. The van der Waals surface area contributed by atoms with Crippen molar-refractivity contribution in [1.29, 1.82) is 0 Å². The standard InChI is InChI=1S/C9H17O.C6H9O.Ac/c1-6-8(10)9(4,5)7(2)3;1-5(2)6(3)4-7;/h7H,1,6H2,2-5H3;1-3H3;. The number of rotatable bonds is 7. The van der Waals surface area contributed by atoms with Gasteiger partial charge in [-0.15, -0.1) is 0 Å². The van der Waals surface area contributed by atoms with Gasteiger partial charge in [-0.2, -0.15) is 0 Å². The normalized spacial score (nSPS) is 11.1. The summed E-state index contributed by atoms with van der Waals surface area (Å²) < 4.78 is 1.28. The van der Waals surface area contributed by atoms with Crippen LogP contribution in [0.5, 0.6) is 0 Å². The van der Waals surface area contributed by atoms with E-state index in [1.165, 1.54) is 0 Å². The van der Waals surface area contributed by atoms with Crippen LogP contribution >= 0.6 is 0 Å². The van der Waals surface area contributed by atoms with Gasteiger partial charge in [-0.3, -0.25) is 0 Å². The summed E-state index contributed by atoms with van der Waals surface area (Å²) in [6.45, 7) is 14.1. The van der Waals surface area contributed by atoms with Gasteiger partial charge in [0.15, 0.2) is 0 Å². The van der Waals surface area contributed by atoms with Crippen molar-refractivity contribution in [2.45, 2.75) is 56.5 Å². The first-order chi connectivity index (χ1) is 8.10. The van der Waals surface area contributed by atoms with Crippen molar-refractivity contribution in [3.05, 3.63) is 11.1 Å². The molecule has 0 atom stereocenters. The molecule has 0 fully saturated rings. The van der Waals surface area contributed by atoms with Crippen LogP contribution in [0, 0.1) is 51.0 Å². The van der Waals surface area contributed by atoms with Crippen LogP contribution in [-0.2, 0) is 9.59 Å². The quantitative estimate of drug-likeness (QED) is 0.533. The van der Waals surface area contributed by atoms with Gasteiger partial charge in [0.2, 0.25) is 0 Å². The molecule has 0 radical (unpaired) electrons. The fraction of sp³-hybridized carbons (Fsp3) is 0.733. The molecule has 0 spiro atoms. The molecule has 2 nitrogen and oxygen atoms in total. The molecule has 0 saturated heterocycles. The minimum absolute atomic E-state index is 0.248. The Hall–Kier alpha value is 0.522. The fourth-order valence-electron chi connectivity index (χ4n) is 1.38. The van der Waals surface area contributed by atoms with Gasteiger partial charge in [0.25, 0.3) is 0 Å². The first-order valence-electron chi connectivity index (χ1n) is 6.65. The maximum absolute atomic E-state index is 12.1. The van der Waals surface area contributed by atoms with Crippen molar-refractivity contribution in [3.8, 4) is 0 Å². The summed E-state index contributed by atoms with van der Waals surface area (Å²) in [6, 6.07) is 0. The molecule has 0 aromatic carbocycles. The van der Waals surface area contributed by atoms with E-state index in [4.69, 9.17) is 0 Å². The van der Waals surface area contributed by atoms with Crippen molar-refractivity contribution >= 4 is 6.75 Å². The molecule has 0 saturated carbocycles. The molecule has 0 N–H and O–H groups in total. The Morgan fingerprint density at radius 1 is 1.11 bits per heavy atom. The molecule has 0 aromatic heterocycles. The molecule has 18 heavy (non-hydrogen) atoms. The topological polar surface area (TPSA) is 34.1 Å². The van der Waals surface area contributed by atoms with Gasteiger partial charge in [-0.25, -0.2) is 0 Å². The number of carbonyl (C=O) groups is 2. The van der Waals surface area contributed by atoms with Gasteiger partial charge >= 0.3 is 135 Å². The molecule has 0 aliphatic heterocycles. The summed E-state index contributed by atoms with van der Waals surface area (Å²) in [5, 5.41) is 0. The third-order valence-electron chi connectivity index (χ3n) is 3.98. The minimum atomic E-state index is -1.54. The van der Waals surface area contributed by atoms with Crippen LogP contribution in [0.1, 0.15) is 54.9 Å². The van der Waals surface area contributed by atoms with E-state index in [9.17, 15) is 9.59 Å². The van der Waals surface area contributed by atoms with E-state index in [0.29, 0.717) is 19.1 Å². The molecule has 0 aliphatic rings. The van der Waals surface area contributed by atoms with Gasteiger partial charge < -0.3 is 0 Å². The number of hydrogen-bond donors (Lipinski definition) is 0. The van der Waals surface area contributed by atoms with Gasteiger partial charge in [0.05, 0.1) is 0 Å². The molecule has 0 aliphatic carbocycles. The van der Waals surface area contributed by atoms with Crippen molar-refractivity contribution in [1.82, 2.24) is 0 Å². The van der Waals surface area contributed by atoms with Crippen molar-refractivity contribution in [2.75, 3.05) is 0 Å². The summed E-state index contributed by atoms with van der Waals surface area (Å²) in [5.74, 6) is 0.677. The summed E-state index contributed by atoms with van der Waals surface area (Å²) in [5.41, 5.74) is 1.81. The second kappa shape index (κ2) is 7.95. The second-order valence-electron chi connectivity index (χ2n) is 6.03. The predicted molar refractivity (Wildman–Crippen MR) is 72.1 cm³/mol. The van der Waals surface area contributed by atoms with Crippen molar-refractivity contribution in [3.63, 3.8) is 0 Å².